The van der Waals surface area contributed by atoms with E-state index in [2.05, 4.69) is 5.32 Å². The quantitative estimate of drug-likeness (QED) is 0.742. The van der Waals surface area contributed by atoms with Crippen LogP contribution in [0.15, 0.2) is 29.5 Å². The van der Waals surface area contributed by atoms with Crippen LogP contribution in [0.5, 0.6) is 5.75 Å². The lowest BCUT2D eigenvalue weighted by atomic mass is 10.1. The number of carbonyl (C=O) groups excluding carboxylic acids is 3. The molecule has 1 aliphatic heterocycles. The molecule has 0 unspecified atom stereocenters. The Bertz CT molecular complexity index is 773. The van der Waals surface area contributed by atoms with Gasteiger partial charge in [-0.3, -0.25) is 4.79 Å². The molecule has 9 heteroatoms. The van der Waals surface area contributed by atoms with Crippen molar-refractivity contribution in [1.82, 2.24) is 0 Å². The molecule has 0 fully saturated rings. The largest absolute Gasteiger partial charge is 0.494 e. The molecule has 0 aromatic heterocycles. The van der Waals surface area contributed by atoms with Gasteiger partial charge in [-0.25, -0.2) is 9.59 Å². The zero-order valence-corrected chi connectivity index (χ0v) is 15.7. The summed E-state index contributed by atoms with van der Waals surface area (Å²) in [5.74, 6) is -1.21. The van der Waals surface area contributed by atoms with Gasteiger partial charge in [0.25, 0.3) is 0 Å². The van der Waals surface area contributed by atoms with Crippen LogP contribution in [-0.2, 0) is 28.6 Å². The predicted octanol–water partition coefficient (Wildman–Crippen LogP) is 1.44. The molecule has 0 saturated carbocycles. The lowest BCUT2D eigenvalue weighted by molar-refractivity contribution is -0.140. The molecule has 1 aliphatic rings. The normalized spacial score (nSPS) is 13.9. The smallest absolute Gasteiger partial charge is 0.355 e. The van der Waals surface area contributed by atoms with Gasteiger partial charge < -0.3 is 29.2 Å². The third kappa shape index (κ3) is 4.56. The summed E-state index contributed by atoms with van der Waals surface area (Å²) < 4.78 is 20.6. The molecule has 0 saturated heterocycles. The minimum atomic E-state index is -0.728. The third-order valence-electron chi connectivity index (χ3n) is 3.71. The summed E-state index contributed by atoms with van der Waals surface area (Å²) in [5, 5.41) is 2.69. The van der Waals surface area contributed by atoms with Gasteiger partial charge in [0.1, 0.15) is 18.2 Å². The Morgan fingerprint density at radius 3 is 2.48 bits per heavy atom. The van der Waals surface area contributed by atoms with E-state index in [-0.39, 0.29) is 30.5 Å². The highest BCUT2D eigenvalue weighted by molar-refractivity contribution is 6.04. The fraction of sp³-hybridized carbons (Fsp3) is 0.389. The molecule has 1 aromatic rings. The van der Waals surface area contributed by atoms with Crippen LogP contribution in [-0.4, -0.2) is 52.0 Å². The summed E-state index contributed by atoms with van der Waals surface area (Å²) >= 11 is 0. The summed E-state index contributed by atoms with van der Waals surface area (Å²) in [5.41, 5.74) is 0.835. The molecule has 27 heavy (non-hydrogen) atoms. The van der Waals surface area contributed by atoms with E-state index in [0.717, 1.165) is 0 Å². The van der Waals surface area contributed by atoms with Crippen molar-refractivity contribution in [2.75, 3.05) is 44.4 Å². The summed E-state index contributed by atoms with van der Waals surface area (Å²) in [7, 11) is 2.42. The zero-order chi connectivity index (χ0) is 20.0. The number of rotatable bonds is 6. The van der Waals surface area contributed by atoms with Crippen LogP contribution in [0.4, 0.5) is 11.4 Å². The first-order chi connectivity index (χ1) is 12.9. The van der Waals surface area contributed by atoms with Crippen LogP contribution in [0.25, 0.3) is 0 Å². The first-order valence-electron chi connectivity index (χ1n) is 8.22. The second kappa shape index (κ2) is 9.04. The molecular formula is C18H22N2O7. The van der Waals surface area contributed by atoms with Crippen molar-refractivity contribution in [2.45, 2.75) is 13.8 Å². The van der Waals surface area contributed by atoms with Crippen LogP contribution in [0, 0.1) is 0 Å². The molecule has 0 aliphatic carbocycles. The van der Waals surface area contributed by atoms with Gasteiger partial charge in [-0.15, -0.1) is 0 Å². The van der Waals surface area contributed by atoms with Crippen LogP contribution in [0.2, 0.25) is 0 Å². The number of hydrogen-bond donors (Lipinski definition) is 1. The van der Waals surface area contributed by atoms with Crippen molar-refractivity contribution < 1.29 is 33.3 Å². The Balaban J connectivity index is 2.64. The topological polar surface area (TPSA) is 103 Å². The van der Waals surface area contributed by atoms with Crippen molar-refractivity contribution in [1.29, 1.82) is 0 Å². The molecule has 0 radical (unpaired) electrons. The molecule has 1 heterocycles. The molecule has 146 valence electrons. The number of amides is 1. The average molecular weight is 378 g/mol. The Morgan fingerprint density at radius 2 is 1.89 bits per heavy atom. The first kappa shape index (κ1) is 20.2. The van der Waals surface area contributed by atoms with Crippen molar-refractivity contribution in [3.8, 4) is 5.75 Å². The SMILES string of the molecule is CCOc1ccc(NC(C)=O)c(N2COCC(C(=O)OC)=C2C(=O)OC)c1. The monoisotopic (exact) mass is 378 g/mol. The number of nitrogens with one attached hydrogen (secondary N) is 1. The van der Waals surface area contributed by atoms with E-state index in [0.29, 0.717) is 23.7 Å². The fourth-order valence-corrected chi connectivity index (χ4v) is 2.62. The molecule has 1 aromatic carbocycles. The molecule has 1 amide bonds. The lowest BCUT2D eigenvalue weighted by Gasteiger charge is -2.32. The molecule has 0 atom stereocenters. The second-order valence-electron chi connectivity index (χ2n) is 5.51. The molecule has 9 nitrogen and oxygen atoms in total. The van der Waals surface area contributed by atoms with Crippen molar-refractivity contribution in [3.05, 3.63) is 29.5 Å². The maximum Gasteiger partial charge on any atom is 0.355 e. The van der Waals surface area contributed by atoms with Gasteiger partial charge in [-0.1, -0.05) is 0 Å². The maximum atomic E-state index is 12.4. The van der Waals surface area contributed by atoms with E-state index in [9.17, 15) is 14.4 Å². The van der Waals surface area contributed by atoms with E-state index in [1.54, 1.807) is 18.2 Å². The van der Waals surface area contributed by atoms with Gasteiger partial charge in [-0.2, -0.15) is 0 Å². The number of nitrogens with zero attached hydrogens (tertiary/aromatic N) is 1. The van der Waals surface area contributed by atoms with E-state index in [1.165, 1.54) is 26.0 Å². The highest BCUT2D eigenvalue weighted by atomic mass is 16.5. The van der Waals surface area contributed by atoms with Crippen molar-refractivity contribution in [3.63, 3.8) is 0 Å². The number of esters is 2. The van der Waals surface area contributed by atoms with E-state index in [1.807, 2.05) is 6.92 Å². The number of benzene rings is 1. The summed E-state index contributed by atoms with van der Waals surface area (Å²) in [6.07, 6.45) is 0. The number of methoxy groups -OCH3 is 2. The van der Waals surface area contributed by atoms with Crippen molar-refractivity contribution >= 4 is 29.2 Å². The van der Waals surface area contributed by atoms with Gasteiger partial charge in [-0.05, 0) is 19.1 Å². The first-order valence-corrected chi connectivity index (χ1v) is 8.22. The second-order valence-corrected chi connectivity index (χ2v) is 5.51. The van der Waals surface area contributed by atoms with Crippen molar-refractivity contribution in [2.24, 2.45) is 0 Å². The van der Waals surface area contributed by atoms with E-state index in [4.69, 9.17) is 18.9 Å². The third-order valence-corrected chi connectivity index (χ3v) is 3.71. The minimum Gasteiger partial charge on any atom is -0.494 e. The van der Waals surface area contributed by atoms with Gasteiger partial charge >= 0.3 is 11.9 Å². The van der Waals surface area contributed by atoms with Crippen LogP contribution >= 0.6 is 0 Å². The Labute approximate surface area is 156 Å². The Kier molecular flexibility index (Phi) is 6.78. The summed E-state index contributed by atoms with van der Waals surface area (Å²) in [6, 6.07) is 4.97. The number of carbonyl (C=O) groups is 3. The lowest BCUT2D eigenvalue weighted by Crippen LogP contribution is -2.39. The van der Waals surface area contributed by atoms with E-state index >= 15 is 0 Å². The Morgan fingerprint density at radius 1 is 1.19 bits per heavy atom. The summed E-state index contributed by atoms with van der Waals surface area (Å²) in [4.78, 5) is 37.6. The van der Waals surface area contributed by atoms with E-state index < -0.39 is 11.9 Å². The molecule has 2 rings (SSSR count). The van der Waals surface area contributed by atoms with Gasteiger partial charge in [0.15, 0.2) is 0 Å². The molecule has 0 spiro atoms. The minimum absolute atomic E-state index is 0.0177. The highest BCUT2D eigenvalue weighted by Gasteiger charge is 2.33. The molecule has 0 bridgehead atoms. The zero-order valence-electron chi connectivity index (χ0n) is 15.7. The van der Waals surface area contributed by atoms with Crippen LogP contribution in [0.1, 0.15) is 13.8 Å². The van der Waals surface area contributed by atoms with Gasteiger partial charge in [0.2, 0.25) is 5.91 Å². The average Bonchev–Trinajstić information content (AvgIpc) is 2.67. The molecule has 1 N–H and O–H groups in total. The standard InChI is InChI=1S/C18H22N2O7/c1-5-27-12-6-7-14(19-11(2)21)15(8-12)20-10-26-9-13(17(22)24-3)16(20)18(23)25-4/h6-8H,5,9-10H2,1-4H3,(H,19,21). The summed E-state index contributed by atoms with van der Waals surface area (Å²) in [6.45, 7) is 3.49. The predicted molar refractivity (Wildman–Crippen MR) is 96.3 cm³/mol. The van der Waals surface area contributed by atoms with Crippen LogP contribution < -0.4 is 15.0 Å². The van der Waals surface area contributed by atoms with Gasteiger partial charge in [0, 0.05) is 13.0 Å². The number of anilines is 2. The Hall–Kier alpha value is -3.07. The molecular weight excluding hydrogens is 356 g/mol. The maximum absolute atomic E-state index is 12.4. The highest BCUT2D eigenvalue weighted by Crippen LogP contribution is 2.35. The fourth-order valence-electron chi connectivity index (χ4n) is 2.62. The number of ether oxygens (including phenoxy) is 4. The number of hydrogen-bond acceptors (Lipinski definition) is 8. The van der Waals surface area contributed by atoms with Gasteiger partial charge in [0.05, 0.1) is 44.4 Å². The van der Waals surface area contributed by atoms with Crippen LogP contribution in [0.3, 0.4) is 0 Å².